The zero-order chi connectivity index (χ0) is 29.6. The van der Waals surface area contributed by atoms with Gasteiger partial charge in [-0.1, -0.05) is 18.2 Å². The highest BCUT2D eigenvalue weighted by Crippen LogP contribution is 2.26. The number of rotatable bonds is 10. The number of amidine groups is 1. The fourth-order valence-electron chi connectivity index (χ4n) is 4.24. The molecule has 0 aliphatic carbocycles. The van der Waals surface area contributed by atoms with E-state index in [0.29, 0.717) is 11.1 Å². The average Bonchev–Trinajstić information content (AvgIpc) is 2.91. The Labute approximate surface area is 228 Å². The van der Waals surface area contributed by atoms with Crippen LogP contribution in [-0.2, 0) is 30.3 Å². The molecule has 0 bridgehead atoms. The molecule has 0 radical (unpaired) electrons. The second kappa shape index (κ2) is 12.6. The molecule has 14 nitrogen and oxygen atoms in total. The molecular weight excluding hydrogens is 526 g/mol. The van der Waals surface area contributed by atoms with E-state index in [-0.39, 0.29) is 36.7 Å². The molecule has 0 spiro atoms. The van der Waals surface area contributed by atoms with Crippen molar-refractivity contribution in [2.75, 3.05) is 26.7 Å². The lowest BCUT2D eigenvalue weighted by atomic mass is 10.00. The van der Waals surface area contributed by atoms with Gasteiger partial charge in [0.05, 0.1) is 13.5 Å². The van der Waals surface area contributed by atoms with Crippen LogP contribution in [0.3, 0.4) is 0 Å². The SMILES string of the molecule is COC(=O)C[C@H]1C(=O)N(CC(=O)O)CCN1C(=O)[C@H](Cc1ccc(O)c(O)c1)NC(=O)c1ccc(C(=N)N)cc1. The van der Waals surface area contributed by atoms with Crippen LogP contribution in [0.1, 0.15) is 27.9 Å². The topological polar surface area (TPSA) is 224 Å². The van der Waals surface area contributed by atoms with E-state index in [2.05, 4.69) is 10.1 Å². The molecule has 1 aliphatic heterocycles. The van der Waals surface area contributed by atoms with Gasteiger partial charge in [-0.2, -0.15) is 0 Å². The Morgan fingerprint density at radius 2 is 1.73 bits per heavy atom. The number of nitrogens with one attached hydrogen (secondary N) is 2. The van der Waals surface area contributed by atoms with E-state index in [9.17, 15) is 34.2 Å². The number of carbonyl (C=O) groups is 5. The summed E-state index contributed by atoms with van der Waals surface area (Å²) in [6, 6.07) is 6.91. The molecule has 0 unspecified atom stereocenters. The van der Waals surface area contributed by atoms with Crippen LogP contribution in [0, 0.1) is 5.41 Å². The summed E-state index contributed by atoms with van der Waals surface area (Å²) in [5.74, 6) is -5.28. The second-order valence-corrected chi connectivity index (χ2v) is 9.03. The van der Waals surface area contributed by atoms with Crippen molar-refractivity contribution in [2.24, 2.45) is 5.73 Å². The number of carboxylic acid groups (broad SMARTS) is 1. The van der Waals surface area contributed by atoms with Gasteiger partial charge >= 0.3 is 11.9 Å². The van der Waals surface area contributed by atoms with Crippen molar-refractivity contribution in [2.45, 2.75) is 24.9 Å². The molecule has 0 aromatic heterocycles. The van der Waals surface area contributed by atoms with Gasteiger partial charge in [-0.15, -0.1) is 0 Å². The summed E-state index contributed by atoms with van der Waals surface area (Å²) in [6.07, 6.45) is -0.706. The van der Waals surface area contributed by atoms with E-state index in [1.807, 2.05) is 0 Å². The van der Waals surface area contributed by atoms with Gasteiger partial charge in [0, 0.05) is 30.6 Å². The summed E-state index contributed by atoms with van der Waals surface area (Å²) >= 11 is 0. The van der Waals surface area contributed by atoms with E-state index in [4.69, 9.17) is 16.2 Å². The lowest BCUT2D eigenvalue weighted by molar-refractivity contribution is -0.159. The van der Waals surface area contributed by atoms with Crippen LogP contribution in [0.4, 0.5) is 0 Å². The number of hydrogen-bond acceptors (Lipinski definition) is 9. The van der Waals surface area contributed by atoms with E-state index in [1.165, 1.54) is 42.5 Å². The maximum atomic E-state index is 13.8. The van der Waals surface area contributed by atoms with Crippen LogP contribution in [0.25, 0.3) is 0 Å². The molecule has 3 amide bonds. The van der Waals surface area contributed by atoms with Gasteiger partial charge in [0.1, 0.15) is 24.5 Å². The number of hydrogen-bond donors (Lipinski definition) is 6. The Bertz CT molecular complexity index is 1330. The normalized spacial score (nSPS) is 15.7. The highest BCUT2D eigenvalue weighted by Gasteiger charge is 2.42. The quantitative estimate of drug-likeness (QED) is 0.0945. The minimum absolute atomic E-state index is 0.123. The molecule has 1 heterocycles. The largest absolute Gasteiger partial charge is 0.504 e. The number of carbonyl (C=O) groups excluding carboxylic acids is 4. The minimum Gasteiger partial charge on any atom is -0.504 e. The zero-order valence-electron chi connectivity index (χ0n) is 21.5. The predicted octanol–water partition coefficient (Wildman–Crippen LogP) is -0.590. The number of nitrogen functional groups attached to an aromatic ring is 1. The van der Waals surface area contributed by atoms with Crippen LogP contribution in [0.15, 0.2) is 42.5 Å². The van der Waals surface area contributed by atoms with Gasteiger partial charge in [-0.3, -0.25) is 29.4 Å². The monoisotopic (exact) mass is 555 g/mol. The number of aromatic hydroxyl groups is 2. The second-order valence-electron chi connectivity index (χ2n) is 9.03. The van der Waals surface area contributed by atoms with Crippen molar-refractivity contribution in [1.29, 1.82) is 5.41 Å². The number of nitrogens with zero attached hydrogens (tertiary/aromatic N) is 2. The van der Waals surface area contributed by atoms with Gasteiger partial charge in [-0.05, 0) is 29.8 Å². The van der Waals surface area contributed by atoms with Gasteiger partial charge in [0.15, 0.2) is 11.5 Å². The third kappa shape index (κ3) is 7.03. The van der Waals surface area contributed by atoms with E-state index < -0.39 is 60.5 Å². The standard InChI is InChI=1S/C26H29N5O9/c1-40-22(36)12-18-26(39)30(13-21(34)35)8-9-31(18)25(38)17(10-14-2-7-19(32)20(33)11-14)29-24(37)16-5-3-15(4-6-16)23(27)28/h2-7,11,17-18,32-33H,8-10,12-13H2,1H3,(H3,27,28)(H,29,37)(H,34,35)/t17-,18-/m0/s1. The van der Waals surface area contributed by atoms with Crippen molar-refractivity contribution in [3.05, 3.63) is 59.2 Å². The number of phenols is 2. The molecule has 212 valence electrons. The average molecular weight is 556 g/mol. The van der Waals surface area contributed by atoms with Crippen LogP contribution < -0.4 is 11.1 Å². The fourth-order valence-corrected chi connectivity index (χ4v) is 4.24. The molecule has 40 heavy (non-hydrogen) atoms. The van der Waals surface area contributed by atoms with Crippen LogP contribution in [0.5, 0.6) is 11.5 Å². The number of nitrogens with two attached hydrogens (primary N) is 1. The molecule has 1 saturated heterocycles. The highest BCUT2D eigenvalue weighted by atomic mass is 16.5. The van der Waals surface area contributed by atoms with Gasteiger partial charge in [-0.25, -0.2) is 0 Å². The van der Waals surface area contributed by atoms with E-state index in [1.54, 1.807) is 0 Å². The zero-order valence-corrected chi connectivity index (χ0v) is 21.5. The molecule has 2 aromatic carbocycles. The maximum Gasteiger partial charge on any atom is 0.323 e. The molecule has 2 atom stereocenters. The third-order valence-electron chi connectivity index (χ3n) is 6.32. The van der Waals surface area contributed by atoms with Crippen molar-refractivity contribution >= 4 is 35.5 Å². The van der Waals surface area contributed by atoms with Gasteiger partial charge in [0.2, 0.25) is 11.8 Å². The smallest absolute Gasteiger partial charge is 0.323 e. The van der Waals surface area contributed by atoms with Crippen molar-refractivity contribution in [1.82, 2.24) is 15.1 Å². The third-order valence-corrected chi connectivity index (χ3v) is 6.32. The van der Waals surface area contributed by atoms with Gasteiger partial charge in [0.25, 0.3) is 5.91 Å². The van der Waals surface area contributed by atoms with Crippen LogP contribution >= 0.6 is 0 Å². The Morgan fingerprint density at radius 3 is 2.30 bits per heavy atom. The first-order valence-electron chi connectivity index (χ1n) is 12.0. The van der Waals surface area contributed by atoms with Crippen LogP contribution in [-0.4, -0.2) is 99.4 Å². The number of piperazine rings is 1. The molecule has 3 rings (SSSR count). The number of amides is 3. The first-order valence-corrected chi connectivity index (χ1v) is 12.0. The first kappa shape index (κ1) is 29.4. The molecular formula is C26H29N5O9. The number of esters is 1. The molecule has 14 heteroatoms. The van der Waals surface area contributed by atoms with Crippen molar-refractivity contribution in [3.63, 3.8) is 0 Å². The predicted molar refractivity (Wildman–Crippen MR) is 139 cm³/mol. The van der Waals surface area contributed by atoms with E-state index in [0.717, 1.165) is 16.9 Å². The summed E-state index contributed by atoms with van der Waals surface area (Å²) in [7, 11) is 1.11. The summed E-state index contributed by atoms with van der Waals surface area (Å²) in [4.78, 5) is 65.5. The Morgan fingerprint density at radius 1 is 1.07 bits per heavy atom. The molecule has 1 aliphatic rings. The van der Waals surface area contributed by atoms with Crippen LogP contribution in [0.2, 0.25) is 0 Å². The molecule has 2 aromatic rings. The number of benzene rings is 2. The summed E-state index contributed by atoms with van der Waals surface area (Å²) in [5, 5.41) is 38.8. The Hall–Kier alpha value is -5.14. The summed E-state index contributed by atoms with van der Waals surface area (Å²) < 4.78 is 4.67. The van der Waals surface area contributed by atoms with Crippen molar-refractivity contribution in [3.8, 4) is 11.5 Å². The minimum atomic E-state index is -1.38. The number of methoxy groups -OCH3 is 1. The van der Waals surface area contributed by atoms with Crippen molar-refractivity contribution < 1.29 is 44.0 Å². The fraction of sp³-hybridized carbons (Fsp3) is 0.308. The van der Waals surface area contributed by atoms with Gasteiger partial charge < -0.3 is 40.9 Å². The lowest BCUT2D eigenvalue weighted by Crippen LogP contribution is -2.63. The highest BCUT2D eigenvalue weighted by molar-refractivity contribution is 6.01. The molecule has 7 N–H and O–H groups in total. The lowest BCUT2D eigenvalue weighted by Gasteiger charge is -2.41. The summed E-state index contributed by atoms with van der Waals surface area (Å²) in [6.45, 7) is -0.872. The van der Waals surface area contributed by atoms with E-state index >= 15 is 0 Å². The Balaban J connectivity index is 1.94. The number of carboxylic acids is 1. The molecule has 1 fully saturated rings. The Kier molecular flexibility index (Phi) is 9.27. The first-order chi connectivity index (χ1) is 18.9. The number of ether oxygens (including phenoxy) is 1. The maximum absolute atomic E-state index is 13.8. The molecule has 0 saturated carbocycles. The number of phenolic OH excluding ortho intramolecular Hbond substituents is 2. The summed E-state index contributed by atoms with van der Waals surface area (Å²) in [5.41, 5.74) is 6.34. The number of aliphatic carboxylic acids is 1.